The van der Waals surface area contributed by atoms with Gasteiger partial charge in [-0.25, -0.2) is 0 Å². The van der Waals surface area contributed by atoms with Crippen molar-refractivity contribution in [1.29, 1.82) is 0 Å². The average molecular weight is 346 g/mol. The molecule has 1 amide bonds. The van der Waals surface area contributed by atoms with E-state index in [1.165, 1.54) is 7.11 Å². The minimum absolute atomic E-state index is 0.0519. The smallest absolute Gasteiger partial charge is 0.445 e. The van der Waals surface area contributed by atoms with Crippen molar-refractivity contribution in [2.75, 3.05) is 25.5 Å². The lowest BCUT2D eigenvalue weighted by Crippen LogP contribution is -2.28. The second-order valence-electron chi connectivity index (χ2n) is 4.32. The van der Waals surface area contributed by atoms with E-state index in [4.69, 9.17) is 4.74 Å². The molecular weight excluding hydrogens is 333 g/mol. The summed E-state index contributed by atoms with van der Waals surface area (Å²) in [7, 11) is 1.53. The van der Waals surface area contributed by atoms with Crippen molar-refractivity contribution >= 4 is 22.4 Å². The van der Waals surface area contributed by atoms with E-state index in [-0.39, 0.29) is 24.1 Å². The zero-order valence-corrected chi connectivity index (χ0v) is 12.8. The Morgan fingerprint density at radius 1 is 1.22 bits per heavy atom. The Morgan fingerprint density at radius 3 is 2.48 bits per heavy atom. The van der Waals surface area contributed by atoms with Gasteiger partial charge in [-0.15, -0.1) is 10.2 Å². The molecule has 1 aromatic carbocycles. The van der Waals surface area contributed by atoms with Crippen molar-refractivity contribution in [3.63, 3.8) is 0 Å². The first-order valence-corrected chi connectivity index (χ1v) is 7.28. The fraction of sp³-hybridized carbons (Fsp3) is 0.308. The maximum absolute atomic E-state index is 12.4. The summed E-state index contributed by atoms with van der Waals surface area (Å²) < 4.78 is 42.0. The fourth-order valence-corrected chi connectivity index (χ4v) is 2.24. The lowest BCUT2D eigenvalue weighted by atomic mass is 10.2. The normalized spacial score (nSPS) is 11.1. The van der Waals surface area contributed by atoms with Crippen LogP contribution < -0.4 is 15.4 Å². The van der Waals surface area contributed by atoms with Gasteiger partial charge in [0.2, 0.25) is 10.1 Å². The number of nitrogens with zero attached hydrogens (tertiary/aromatic N) is 2. The number of benzene rings is 1. The maximum atomic E-state index is 12.4. The largest absolute Gasteiger partial charge is 0.497 e. The molecule has 0 saturated carbocycles. The third-order valence-electron chi connectivity index (χ3n) is 2.71. The molecule has 0 fully saturated rings. The molecule has 0 aliphatic rings. The van der Waals surface area contributed by atoms with Crippen LogP contribution in [0.1, 0.15) is 15.4 Å². The molecule has 0 spiro atoms. The van der Waals surface area contributed by atoms with E-state index in [0.717, 1.165) is 0 Å². The van der Waals surface area contributed by atoms with Crippen LogP contribution in [0.2, 0.25) is 0 Å². The molecule has 0 saturated heterocycles. The van der Waals surface area contributed by atoms with Crippen LogP contribution in [-0.4, -0.2) is 36.3 Å². The number of carbonyl (C=O) groups excluding carboxylic acids is 1. The molecule has 23 heavy (non-hydrogen) atoms. The molecule has 1 aromatic heterocycles. The number of amides is 1. The summed E-state index contributed by atoms with van der Waals surface area (Å²) in [6, 6.07) is 6.55. The number of halogens is 3. The van der Waals surface area contributed by atoms with Gasteiger partial charge < -0.3 is 15.4 Å². The maximum Gasteiger partial charge on any atom is 0.445 e. The van der Waals surface area contributed by atoms with Crippen LogP contribution in [0.15, 0.2) is 24.3 Å². The Bertz CT molecular complexity index is 658. The average Bonchev–Trinajstić information content (AvgIpc) is 3.00. The molecule has 2 aromatic rings. The number of rotatable bonds is 6. The SMILES string of the molecule is COc1ccc(C(=O)NCCNc2nnc(C(F)(F)F)s2)cc1. The Hall–Kier alpha value is -2.36. The second-order valence-corrected chi connectivity index (χ2v) is 5.30. The van der Waals surface area contributed by atoms with Crippen molar-refractivity contribution in [3.05, 3.63) is 34.8 Å². The zero-order valence-electron chi connectivity index (χ0n) is 12.0. The highest BCUT2D eigenvalue weighted by atomic mass is 32.1. The third kappa shape index (κ3) is 4.81. The van der Waals surface area contributed by atoms with Gasteiger partial charge >= 0.3 is 6.18 Å². The highest BCUT2D eigenvalue weighted by molar-refractivity contribution is 7.15. The molecule has 0 aliphatic heterocycles. The quantitative estimate of drug-likeness (QED) is 0.786. The number of ether oxygens (including phenoxy) is 1. The molecule has 6 nitrogen and oxygen atoms in total. The number of anilines is 1. The van der Waals surface area contributed by atoms with Gasteiger partial charge in [0.15, 0.2) is 0 Å². The molecule has 0 aliphatic carbocycles. The van der Waals surface area contributed by atoms with Crippen LogP contribution in [0.4, 0.5) is 18.3 Å². The lowest BCUT2D eigenvalue weighted by molar-refractivity contribution is -0.138. The van der Waals surface area contributed by atoms with Gasteiger partial charge in [0, 0.05) is 18.7 Å². The van der Waals surface area contributed by atoms with E-state index in [2.05, 4.69) is 20.8 Å². The van der Waals surface area contributed by atoms with E-state index < -0.39 is 11.2 Å². The third-order valence-corrected chi connectivity index (χ3v) is 3.63. The molecule has 0 unspecified atom stereocenters. The standard InChI is InChI=1S/C13H13F3N4O2S/c1-22-9-4-2-8(3-5-9)10(21)17-6-7-18-12-20-19-11(23-12)13(14,15)16/h2-5H,6-7H2,1H3,(H,17,21)(H,18,20). The highest BCUT2D eigenvalue weighted by Gasteiger charge is 2.35. The number of carbonyl (C=O) groups is 1. The molecule has 10 heteroatoms. The van der Waals surface area contributed by atoms with E-state index >= 15 is 0 Å². The van der Waals surface area contributed by atoms with E-state index in [9.17, 15) is 18.0 Å². The molecule has 0 bridgehead atoms. The van der Waals surface area contributed by atoms with Crippen LogP contribution in [0.3, 0.4) is 0 Å². The molecular formula is C13H13F3N4O2S. The molecule has 124 valence electrons. The van der Waals surface area contributed by atoms with Gasteiger partial charge in [0.1, 0.15) is 5.75 Å². The molecule has 2 rings (SSSR count). The Morgan fingerprint density at radius 2 is 1.91 bits per heavy atom. The summed E-state index contributed by atoms with van der Waals surface area (Å²) in [4.78, 5) is 11.8. The first-order chi connectivity index (χ1) is 10.9. The summed E-state index contributed by atoms with van der Waals surface area (Å²) in [5.74, 6) is 0.350. The van der Waals surface area contributed by atoms with Crippen LogP contribution in [0.5, 0.6) is 5.75 Å². The highest BCUT2D eigenvalue weighted by Crippen LogP contribution is 2.32. The van der Waals surface area contributed by atoms with Crippen LogP contribution >= 0.6 is 11.3 Å². The minimum Gasteiger partial charge on any atom is -0.497 e. The van der Waals surface area contributed by atoms with Gasteiger partial charge in [-0.3, -0.25) is 4.79 Å². The van der Waals surface area contributed by atoms with Crippen LogP contribution in [0.25, 0.3) is 0 Å². The number of methoxy groups -OCH3 is 1. The number of hydrogen-bond acceptors (Lipinski definition) is 6. The van der Waals surface area contributed by atoms with Gasteiger partial charge in [-0.2, -0.15) is 13.2 Å². The first kappa shape index (κ1) is 17.0. The topological polar surface area (TPSA) is 76.1 Å². The summed E-state index contributed by atoms with van der Waals surface area (Å²) in [6.45, 7) is 0.459. The van der Waals surface area contributed by atoms with Crippen LogP contribution in [0, 0.1) is 0 Å². The van der Waals surface area contributed by atoms with E-state index in [1.807, 2.05) is 0 Å². The van der Waals surface area contributed by atoms with Crippen molar-refractivity contribution in [1.82, 2.24) is 15.5 Å². The molecule has 0 radical (unpaired) electrons. The fourth-order valence-electron chi connectivity index (χ4n) is 1.60. The van der Waals surface area contributed by atoms with Crippen molar-refractivity contribution in [2.45, 2.75) is 6.18 Å². The monoisotopic (exact) mass is 346 g/mol. The summed E-state index contributed by atoms with van der Waals surface area (Å²) in [5.41, 5.74) is 0.459. The minimum atomic E-state index is -4.50. The van der Waals surface area contributed by atoms with Gasteiger partial charge in [-0.05, 0) is 24.3 Å². The Labute approximate surface area is 133 Å². The predicted molar refractivity (Wildman–Crippen MR) is 78.7 cm³/mol. The van der Waals surface area contributed by atoms with Crippen molar-refractivity contribution in [3.8, 4) is 5.75 Å². The molecule has 2 N–H and O–H groups in total. The Balaban J connectivity index is 1.76. The Kier molecular flexibility index (Phi) is 5.37. The summed E-state index contributed by atoms with van der Waals surface area (Å²) >= 11 is 0.414. The lowest BCUT2D eigenvalue weighted by Gasteiger charge is -2.06. The van der Waals surface area contributed by atoms with E-state index in [0.29, 0.717) is 22.6 Å². The first-order valence-electron chi connectivity index (χ1n) is 6.47. The number of nitrogens with one attached hydrogen (secondary N) is 2. The number of hydrogen-bond donors (Lipinski definition) is 2. The molecule has 0 atom stereocenters. The van der Waals surface area contributed by atoms with Gasteiger partial charge in [-0.1, -0.05) is 11.3 Å². The van der Waals surface area contributed by atoms with Gasteiger partial charge in [0.25, 0.3) is 5.91 Å². The number of alkyl halides is 3. The zero-order chi connectivity index (χ0) is 16.9. The number of aromatic nitrogens is 2. The molecule has 1 heterocycles. The second kappa shape index (κ2) is 7.27. The summed E-state index contributed by atoms with van der Waals surface area (Å²) in [5, 5.41) is 10.8. The van der Waals surface area contributed by atoms with Crippen molar-refractivity contribution in [2.24, 2.45) is 0 Å². The van der Waals surface area contributed by atoms with Crippen LogP contribution in [-0.2, 0) is 6.18 Å². The van der Waals surface area contributed by atoms with E-state index in [1.54, 1.807) is 24.3 Å². The summed E-state index contributed by atoms with van der Waals surface area (Å²) in [6.07, 6.45) is -4.50. The predicted octanol–water partition coefficient (Wildman–Crippen LogP) is 2.41. The van der Waals surface area contributed by atoms with Crippen molar-refractivity contribution < 1.29 is 22.7 Å². The van der Waals surface area contributed by atoms with Gasteiger partial charge in [0.05, 0.1) is 7.11 Å².